The highest BCUT2D eigenvalue weighted by molar-refractivity contribution is 6.02. The molecule has 0 aromatic heterocycles. The molecule has 1 aromatic carbocycles. The summed E-state index contributed by atoms with van der Waals surface area (Å²) in [6.07, 6.45) is 0.915. The molecule has 0 radical (unpaired) electrons. The topological polar surface area (TPSA) is 52.6 Å². The van der Waals surface area contributed by atoms with E-state index in [0.717, 1.165) is 19.4 Å². The number of amides is 1. The van der Waals surface area contributed by atoms with E-state index >= 15 is 0 Å². The smallest absolute Gasteiger partial charge is 0.257 e. The first-order valence-electron chi connectivity index (χ1n) is 6.20. The number of carbonyl (C=O) groups is 1. The zero-order valence-corrected chi connectivity index (χ0v) is 10.1. The van der Waals surface area contributed by atoms with Gasteiger partial charge in [0.1, 0.15) is 5.82 Å². The van der Waals surface area contributed by atoms with Crippen LogP contribution in [0.25, 0.3) is 0 Å². The van der Waals surface area contributed by atoms with E-state index in [2.05, 4.69) is 5.32 Å². The minimum atomic E-state index is -1.25. The van der Waals surface area contributed by atoms with E-state index in [9.17, 15) is 14.3 Å². The molecule has 5 heteroatoms. The average molecular weight is 250 g/mol. The number of hydrogen-bond donors (Lipinski definition) is 2. The second-order valence-electron chi connectivity index (χ2n) is 4.80. The number of halogens is 1. The van der Waals surface area contributed by atoms with E-state index in [1.165, 1.54) is 6.07 Å². The van der Waals surface area contributed by atoms with Crippen molar-refractivity contribution in [1.82, 2.24) is 0 Å². The van der Waals surface area contributed by atoms with Gasteiger partial charge in [-0.2, -0.15) is 0 Å². The number of benzene rings is 1. The number of fused-ring (bicyclic) bond motifs is 1. The molecule has 96 valence electrons. The van der Waals surface area contributed by atoms with Crippen LogP contribution >= 0.6 is 0 Å². The van der Waals surface area contributed by atoms with Gasteiger partial charge in [-0.25, -0.2) is 4.39 Å². The Balaban J connectivity index is 2.02. The van der Waals surface area contributed by atoms with Crippen molar-refractivity contribution in [1.29, 1.82) is 0 Å². The summed E-state index contributed by atoms with van der Waals surface area (Å²) in [5, 5.41) is 12.2. The fourth-order valence-corrected chi connectivity index (χ4v) is 2.49. The molecule has 1 heterocycles. The van der Waals surface area contributed by atoms with E-state index in [1.54, 1.807) is 6.07 Å². The van der Waals surface area contributed by atoms with Gasteiger partial charge in [0.05, 0.1) is 5.69 Å². The van der Waals surface area contributed by atoms with Crippen molar-refractivity contribution in [2.75, 3.05) is 16.8 Å². The minimum absolute atomic E-state index is 0.327. The Morgan fingerprint density at radius 2 is 2.22 bits per heavy atom. The molecule has 0 spiro atoms. The van der Waals surface area contributed by atoms with Crippen LogP contribution in [-0.4, -0.2) is 23.6 Å². The Hall–Kier alpha value is -1.62. The van der Waals surface area contributed by atoms with Gasteiger partial charge in [0.2, 0.25) is 0 Å². The molecule has 18 heavy (non-hydrogen) atoms. The van der Waals surface area contributed by atoms with Crippen molar-refractivity contribution in [3.63, 3.8) is 0 Å². The summed E-state index contributed by atoms with van der Waals surface area (Å²) < 4.78 is 14.1. The molecule has 1 aliphatic heterocycles. The van der Waals surface area contributed by atoms with Gasteiger partial charge >= 0.3 is 0 Å². The molecule has 0 saturated heterocycles. The summed E-state index contributed by atoms with van der Waals surface area (Å²) in [4.78, 5) is 13.3. The maximum Gasteiger partial charge on any atom is 0.257 e. The molecule has 1 aliphatic carbocycles. The fraction of sp³-hybridized carbons (Fsp3) is 0.462. The number of carbonyl (C=O) groups excluding carboxylic acids is 1. The standard InChI is InChI=1S/C13H15FN2O2/c1-2-16(7-3-4-7)11-6-10-8(5-9(11)14)12(17)13(18)15-10/h5-7,12,17H,2-4H2,1H3,(H,15,18). The minimum Gasteiger partial charge on any atom is -0.378 e. The maximum atomic E-state index is 14.1. The Labute approximate surface area is 104 Å². The summed E-state index contributed by atoms with van der Waals surface area (Å²) in [5.41, 5.74) is 1.35. The SMILES string of the molecule is CCN(c1cc2c(cc1F)C(O)C(=O)N2)C1CC1. The predicted octanol–water partition coefficient (Wildman–Crippen LogP) is 1.80. The lowest BCUT2D eigenvalue weighted by Gasteiger charge is -2.24. The highest BCUT2D eigenvalue weighted by Gasteiger charge is 2.33. The molecule has 1 fully saturated rings. The van der Waals surface area contributed by atoms with Gasteiger partial charge in [0.25, 0.3) is 5.91 Å². The van der Waals surface area contributed by atoms with Crippen molar-refractivity contribution in [3.05, 3.63) is 23.5 Å². The molecule has 2 N–H and O–H groups in total. The monoisotopic (exact) mass is 250 g/mol. The maximum absolute atomic E-state index is 14.1. The summed E-state index contributed by atoms with van der Waals surface area (Å²) >= 11 is 0. The van der Waals surface area contributed by atoms with Crippen LogP contribution in [-0.2, 0) is 4.79 Å². The molecule has 1 unspecified atom stereocenters. The molecule has 1 amide bonds. The van der Waals surface area contributed by atoms with Crippen LogP contribution < -0.4 is 10.2 Å². The summed E-state index contributed by atoms with van der Waals surface area (Å²) in [6, 6.07) is 3.29. The van der Waals surface area contributed by atoms with E-state index in [4.69, 9.17) is 0 Å². The van der Waals surface area contributed by atoms with Crippen LogP contribution in [0.4, 0.5) is 15.8 Å². The first-order chi connectivity index (χ1) is 8.61. The normalized spacial score (nSPS) is 21.7. The number of hydrogen-bond acceptors (Lipinski definition) is 3. The largest absolute Gasteiger partial charge is 0.378 e. The summed E-state index contributed by atoms with van der Waals surface area (Å²) in [7, 11) is 0. The Morgan fingerprint density at radius 1 is 1.50 bits per heavy atom. The van der Waals surface area contributed by atoms with Gasteiger partial charge in [0.15, 0.2) is 6.10 Å². The summed E-state index contributed by atoms with van der Waals surface area (Å²) in [6.45, 7) is 2.72. The van der Waals surface area contributed by atoms with Crippen LogP contribution in [0.3, 0.4) is 0 Å². The molecule has 4 nitrogen and oxygen atoms in total. The third-order valence-corrected chi connectivity index (χ3v) is 3.56. The van der Waals surface area contributed by atoms with Gasteiger partial charge < -0.3 is 15.3 Å². The Bertz CT molecular complexity index is 514. The molecular weight excluding hydrogens is 235 g/mol. The third kappa shape index (κ3) is 1.66. The van der Waals surface area contributed by atoms with E-state index < -0.39 is 12.0 Å². The van der Waals surface area contributed by atoms with Crippen LogP contribution in [0.1, 0.15) is 31.4 Å². The highest BCUT2D eigenvalue weighted by atomic mass is 19.1. The number of rotatable bonds is 3. The van der Waals surface area contributed by atoms with Crippen LogP contribution in [0.2, 0.25) is 0 Å². The van der Waals surface area contributed by atoms with E-state index in [-0.39, 0.29) is 5.82 Å². The average Bonchev–Trinajstić information content (AvgIpc) is 3.13. The lowest BCUT2D eigenvalue weighted by molar-refractivity contribution is -0.123. The van der Waals surface area contributed by atoms with Gasteiger partial charge in [0, 0.05) is 23.8 Å². The first kappa shape index (κ1) is 11.5. The molecule has 0 bridgehead atoms. The van der Waals surface area contributed by atoms with Gasteiger partial charge in [-0.1, -0.05) is 0 Å². The Morgan fingerprint density at radius 3 is 2.83 bits per heavy atom. The predicted molar refractivity (Wildman–Crippen MR) is 66.0 cm³/mol. The van der Waals surface area contributed by atoms with Crippen molar-refractivity contribution in [3.8, 4) is 0 Å². The molecule has 3 rings (SSSR count). The van der Waals surface area contributed by atoms with Crippen LogP contribution in [0.5, 0.6) is 0 Å². The number of anilines is 2. The Kier molecular flexibility index (Phi) is 2.52. The van der Waals surface area contributed by atoms with Crippen molar-refractivity contribution >= 4 is 17.3 Å². The zero-order chi connectivity index (χ0) is 12.9. The lowest BCUT2D eigenvalue weighted by atomic mass is 10.1. The second kappa shape index (κ2) is 3.95. The quantitative estimate of drug-likeness (QED) is 0.860. The molecule has 2 aliphatic rings. The second-order valence-corrected chi connectivity index (χ2v) is 4.80. The van der Waals surface area contributed by atoms with Crippen molar-refractivity contribution in [2.45, 2.75) is 31.9 Å². The van der Waals surface area contributed by atoms with Crippen LogP contribution in [0.15, 0.2) is 12.1 Å². The van der Waals surface area contributed by atoms with Gasteiger partial charge in [-0.15, -0.1) is 0 Å². The third-order valence-electron chi connectivity index (χ3n) is 3.56. The summed E-state index contributed by atoms with van der Waals surface area (Å²) in [5.74, 6) is -0.867. The number of aliphatic hydroxyl groups excluding tert-OH is 1. The highest BCUT2D eigenvalue weighted by Crippen LogP contribution is 2.39. The van der Waals surface area contributed by atoms with Crippen molar-refractivity contribution < 1.29 is 14.3 Å². The number of nitrogens with one attached hydrogen (secondary N) is 1. The number of aliphatic hydroxyl groups is 1. The first-order valence-corrected chi connectivity index (χ1v) is 6.20. The molecule has 1 saturated carbocycles. The van der Waals surface area contributed by atoms with Crippen LogP contribution in [0, 0.1) is 5.82 Å². The van der Waals surface area contributed by atoms with Gasteiger partial charge in [-0.3, -0.25) is 4.79 Å². The molecule has 1 aromatic rings. The van der Waals surface area contributed by atoms with Gasteiger partial charge in [-0.05, 0) is 31.9 Å². The number of nitrogens with zero attached hydrogens (tertiary/aromatic N) is 1. The van der Waals surface area contributed by atoms with E-state index in [1.807, 2.05) is 11.8 Å². The molecule has 1 atom stereocenters. The lowest BCUT2D eigenvalue weighted by Crippen LogP contribution is -2.26. The zero-order valence-electron chi connectivity index (χ0n) is 10.1. The fourth-order valence-electron chi connectivity index (χ4n) is 2.49. The van der Waals surface area contributed by atoms with E-state index in [0.29, 0.717) is 23.0 Å². The molecular formula is C13H15FN2O2. The van der Waals surface area contributed by atoms with Crippen molar-refractivity contribution in [2.24, 2.45) is 0 Å².